The van der Waals surface area contributed by atoms with Gasteiger partial charge in [-0.1, -0.05) is 31.4 Å². The Balaban J connectivity index is 2.00. The van der Waals surface area contributed by atoms with Crippen LogP contribution in [0.3, 0.4) is 0 Å². The van der Waals surface area contributed by atoms with Crippen LogP contribution in [0.1, 0.15) is 50.3 Å². The lowest BCUT2D eigenvalue weighted by Crippen LogP contribution is -2.13. The van der Waals surface area contributed by atoms with E-state index in [-0.39, 0.29) is 6.61 Å². The monoisotopic (exact) mass is 258 g/mol. The smallest absolute Gasteiger partial charge is 0.112 e. The maximum Gasteiger partial charge on any atom is 0.112 e. The summed E-state index contributed by atoms with van der Waals surface area (Å²) in [6, 6.07) is 8.36. The Morgan fingerprint density at radius 1 is 1.16 bits per heavy atom. The number of fused-ring (bicyclic) bond motifs is 1. The van der Waals surface area contributed by atoms with Crippen LogP contribution in [0.5, 0.6) is 0 Å². The van der Waals surface area contributed by atoms with E-state index >= 15 is 0 Å². The van der Waals surface area contributed by atoms with Crippen LogP contribution in [0, 0.1) is 0 Å². The summed E-state index contributed by atoms with van der Waals surface area (Å²) in [7, 11) is 0. The normalized spacial score (nSPS) is 17.1. The average molecular weight is 258 g/mol. The SMILES string of the molecule is OCCCn1c(C2CCCCC2)nc2ccccc21. The van der Waals surface area contributed by atoms with Gasteiger partial charge in [-0.15, -0.1) is 0 Å². The number of aliphatic hydroxyl groups is 1. The molecular formula is C16H22N2O. The van der Waals surface area contributed by atoms with Gasteiger partial charge in [-0.25, -0.2) is 4.98 Å². The fourth-order valence-electron chi connectivity index (χ4n) is 3.23. The summed E-state index contributed by atoms with van der Waals surface area (Å²) in [5, 5.41) is 9.10. The largest absolute Gasteiger partial charge is 0.396 e. The predicted molar refractivity (Wildman–Crippen MR) is 77.3 cm³/mol. The summed E-state index contributed by atoms with van der Waals surface area (Å²) in [5.41, 5.74) is 2.32. The topological polar surface area (TPSA) is 38.0 Å². The van der Waals surface area contributed by atoms with E-state index in [2.05, 4.69) is 28.8 Å². The van der Waals surface area contributed by atoms with Gasteiger partial charge in [0.15, 0.2) is 0 Å². The van der Waals surface area contributed by atoms with Crippen molar-refractivity contribution in [1.82, 2.24) is 9.55 Å². The number of aliphatic hydroxyl groups excluding tert-OH is 1. The number of rotatable bonds is 4. The van der Waals surface area contributed by atoms with Gasteiger partial charge in [0.25, 0.3) is 0 Å². The number of imidazole rings is 1. The summed E-state index contributed by atoms with van der Waals surface area (Å²) in [6.45, 7) is 1.12. The molecule has 0 amide bonds. The highest BCUT2D eigenvalue weighted by molar-refractivity contribution is 5.76. The highest BCUT2D eigenvalue weighted by Crippen LogP contribution is 2.33. The molecule has 0 atom stereocenters. The molecule has 1 aliphatic carbocycles. The number of hydrogen-bond acceptors (Lipinski definition) is 2. The Morgan fingerprint density at radius 2 is 1.95 bits per heavy atom. The van der Waals surface area contributed by atoms with Crippen LogP contribution in [0.25, 0.3) is 11.0 Å². The Kier molecular flexibility index (Phi) is 3.83. The van der Waals surface area contributed by atoms with Crippen molar-refractivity contribution in [3.63, 3.8) is 0 Å². The quantitative estimate of drug-likeness (QED) is 0.912. The zero-order chi connectivity index (χ0) is 13.1. The molecular weight excluding hydrogens is 236 g/mol. The van der Waals surface area contributed by atoms with Crippen molar-refractivity contribution < 1.29 is 5.11 Å². The molecule has 3 heteroatoms. The number of nitrogens with zero attached hydrogens (tertiary/aromatic N) is 2. The van der Waals surface area contributed by atoms with E-state index in [9.17, 15) is 0 Å². The fraction of sp³-hybridized carbons (Fsp3) is 0.562. The Morgan fingerprint density at radius 3 is 2.74 bits per heavy atom. The third-order valence-corrected chi connectivity index (χ3v) is 4.19. The van der Waals surface area contributed by atoms with Gasteiger partial charge in [-0.3, -0.25) is 0 Å². The van der Waals surface area contributed by atoms with Crippen LogP contribution in [-0.4, -0.2) is 21.3 Å². The molecule has 0 radical (unpaired) electrons. The Labute approximate surface area is 114 Å². The second-order valence-corrected chi connectivity index (χ2v) is 5.52. The van der Waals surface area contributed by atoms with Crippen LogP contribution >= 0.6 is 0 Å². The molecule has 3 nitrogen and oxygen atoms in total. The fourth-order valence-corrected chi connectivity index (χ4v) is 3.23. The van der Waals surface area contributed by atoms with E-state index < -0.39 is 0 Å². The molecule has 0 bridgehead atoms. The predicted octanol–water partition coefficient (Wildman–Crippen LogP) is 3.47. The molecule has 2 aromatic rings. The zero-order valence-electron chi connectivity index (χ0n) is 11.4. The number of benzene rings is 1. The maximum absolute atomic E-state index is 9.10. The van der Waals surface area contributed by atoms with E-state index in [1.54, 1.807) is 0 Å². The van der Waals surface area contributed by atoms with Gasteiger partial charge in [0.1, 0.15) is 5.82 Å². The summed E-state index contributed by atoms with van der Waals surface area (Å²) < 4.78 is 2.33. The lowest BCUT2D eigenvalue weighted by atomic mass is 9.88. The second-order valence-electron chi connectivity index (χ2n) is 5.52. The number of para-hydroxylation sites is 2. The van der Waals surface area contributed by atoms with Crippen molar-refractivity contribution >= 4 is 11.0 Å². The number of aryl methyl sites for hydroxylation is 1. The van der Waals surface area contributed by atoms with Crippen LogP contribution in [-0.2, 0) is 6.54 Å². The van der Waals surface area contributed by atoms with Crippen LogP contribution in [0.15, 0.2) is 24.3 Å². The highest BCUT2D eigenvalue weighted by atomic mass is 16.3. The lowest BCUT2D eigenvalue weighted by molar-refractivity contribution is 0.278. The molecule has 19 heavy (non-hydrogen) atoms. The lowest BCUT2D eigenvalue weighted by Gasteiger charge is -2.22. The van der Waals surface area contributed by atoms with Gasteiger partial charge in [-0.05, 0) is 31.4 Å². The first-order valence-electron chi connectivity index (χ1n) is 7.46. The van der Waals surface area contributed by atoms with Gasteiger partial charge >= 0.3 is 0 Å². The van der Waals surface area contributed by atoms with Crippen molar-refractivity contribution in [3.05, 3.63) is 30.1 Å². The van der Waals surface area contributed by atoms with Crippen molar-refractivity contribution in [2.24, 2.45) is 0 Å². The molecule has 102 valence electrons. The van der Waals surface area contributed by atoms with E-state index in [4.69, 9.17) is 10.1 Å². The Bertz CT molecular complexity index is 541. The first-order valence-corrected chi connectivity index (χ1v) is 7.46. The molecule has 0 aliphatic heterocycles. The van der Waals surface area contributed by atoms with E-state index in [0.717, 1.165) is 18.5 Å². The third kappa shape index (κ3) is 2.52. The molecule has 0 saturated heterocycles. The van der Waals surface area contributed by atoms with Crippen molar-refractivity contribution in [2.75, 3.05) is 6.61 Å². The van der Waals surface area contributed by atoms with E-state index in [0.29, 0.717) is 5.92 Å². The van der Waals surface area contributed by atoms with Crippen LogP contribution < -0.4 is 0 Å². The highest BCUT2D eigenvalue weighted by Gasteiger charge is 2.21. The minimum Gasteiger partial charge on any atom is -0.396 e. The summed E-state index contributed by atoms with van der Waals surface area (Å²) in [5.74, 6) is 1.86. The van der Waals surface area contributed by atoms with Crippen molar-refractivity contribution in [2.45, 2.75) is 51.0 Å². The molecule has 1 aromatic carbocycles. The molecule has 1 fully saturated rings. The molecule has 3 rings (SSSR count). The molecule has 1 heterocycles. The van der Waals surface area contributed by atoms with E-state index in [1.807, 2.05) is 0 Å². The maximum atomic E-state index is 9.10. The Hall–Kier alpha value is -1.35. The van der Waals surface area contributed by atoms with Crippen molar-refractivity contribution in [3.8, 4) is 0 Å². The standard InChI is InChI=1S/C16H22N2O/c19-12-6-11-18-15-10-5-4-9-14(15)17-16(18)13-7-2-1-3-8-13/h4-5,9-10,13,19H,1-3,6-8,11-12H2. The van der Waals surface area contributed by atoms with Gasteiger partial charge in [0.05, 0.1) is 11.0 Å². The van der Waals surface area contributed by atoms with Crippen LogP contribution in [0.2, 0.25) is 0 Å². The van der Waals surface area contributed by atoms with Crippen molar-refractivity contribution in [1.29, 1.82) is 0 Å². The summed E-state index contributed by atoms with van der Waals surface area (Å²) in [4.78, 5) is 4.87. The third-order valence-electron chi connectivity index (χ3n) is 4.19. The van der Waals surface area contributed by atoms with Gasteiger partial charge in [-0.2, -0.15) is 0 Å². The summed E-state index contributed by atoms with van der Waals surface area (Å²) in [6.07, 6.45) is 7.36. The van der Waals surface area contributed by atoms with E-state index in [1.165, 1.54) is 43.4 Å². The van der Waals surface area contributed by atoms with Crippen LogP contribution in [0.4, 0.5) is 0 Å². The summed E-state index contributed by atoms with van der Waals surface area (Å²) >= 11 is 0. The molecule has 0 unspecified atom stereocenters. The molecule has 0 spiro atoms. The second kappa shape index (κ2) is 5.74. The molecule has 1 aromatic heterocycles. The first kappa shape index (κ1) is 12.7. The number of aromatic nitrogens is 2. The molecule has 1 aliphatic rings. The van der Waals surface area contributed by atoms with Gasteiger partial charge in [0.2, 0.25) is 0 Å². The van der Waals surface area contributed by atoms with Gasteiger partial charge < -0.3 is 9.67 Å². The minimum absolute atomic E-state index is 0.247. The average Bonchev–Trinajstić information content (AvgIpc) is 2.85. The number of hydrogen-bond donors (Lipinski definition) is 1. The first-order chi connectivity index (χ1) is 9.40. The minimum atomic E-state index is 0.247. The van der Waals surface area contributed by atoms with Gasteiger partial charge in [0, 0.05) is 19.1 Å². The molecule has 1 N–H and O–H groups in total. The molecule has 1 saturated carbocycles. The zero-order valence-corrected chi connectivity index (χ0v) is 11.4.